The van der Waals surface area contributed by atoms with Crippen LogP contribution in [-0.4, -0.2) is 22.3 Å². The molecule has 1 aromatic heterocycles. The third-order valence-corrected chi connectivity index (χ3v) is 4.24. The van der Waals surface area contributed by atoms with Crippen molar-refractivity contribution >= 4 is 32.4 Å². The van der Waals surface area contributed by atoms with Gasteiger partial charge in [-0.2, -0.15) is 0 Å². The summed E-state index contributed by atoms with van der Waals surface area (Å²) >= 11 is 4.99. The standard InChI is InChI=1S/C9H14BrN3S/c1-3-7-5-4-6(2)13(7)9-12-11-8(10)14-9/h6-7H,3-5H2,1-2H3. The van der Waals surface area contributed by atoms with E-state index in [4.69, 9.17) is 0 Å². The minimum atomic E-state index is 0.611. The highest BCUT2D eigenvalue weighted by Gasteiger charge is 2.31. The van der Waals surface area contributed by atoms with Crippen LogP contribution in [0.15, 0.2) is 3.92 Å². The predicted molar refractivity (Wildman–Crippen MR) is 62.9 cm³/mol. The van der Waals surface area contributed by atoms with Crippen LogP contribution in [0.1, 0.15) is 33.1 Å². The van der Waals surface area contributed by atoms with Gasteiger partial charge in [0, 0.05) is 12.1 Å². The van der Waals surface area contributed by atoms with Gasteiger partial charge in [0.05, 0.1) is 0 Å². The summed E-state index contributed by atoms with van der Waals surface area (Å²) in [5.41, 5.74) is 0. The largest absolute Gasteiger partial charge is 0.341 e. The molecule has 5 heteroatoms. The van der Waals surface area contributed by atoms with Gasteiger partial charge in [0.1, 0.15) is 0 Å². The number of rotatable bonds is 2. The lowest BCUT2D eigenvalue weighted by molar-refractivity contribution is 0.624. The molecule has 0 bridgehead atoms. The first-order chi connectivity index (χ1) is 6.72. The Bertz CT molecular complexity index is 315. The summed E-state index contributed by atoms with van der Waals surface area (Å²) in [5.74, 6) is 0. The van der Waals surface area contributed by atoms with Gasteiger partial charge in [-0.3, -0.25) is 0 Å². The number of anilines is 1. The average Bonchev–Trinajstić information content (AvgIpc) is 2.71. The van der Waals surface area contributed by atoms with Crippen LogP contribution in [0.3, 0.4) is 0 Å². The van der Waals surface area contributed by atoms with Crippen molar-refractivity contribution in [2.24, 2.45) is 0 Å². The fraction of sp³-hybridized carbons (Fsp3) is 0.778. The van der Waals surface area contributed by atoms with Gasteiger partial charge in [-0.15, -0.1) is 10.2 Å². The molecule has 0 aliphatic carbocycles. The summed E-state index contributed by atoms with van der Waals surface area (Å²) in [4.78, 5) is 2.42. The van der Waals surface area contributed by atoms with Gasteiger partial charge < -0.3 is 4.90 Å². The van der Waals surface area contributed by atoms with E-state index in [1.54, 1.807) is 11.3 Å². The lowest BCUT2D eigenvalue weighted by Gasteiger charge is -2.26. The Morgan fingerprint density at radius 1 is 1.50 bits per heavy atom. The summed E-state index contributed by atoms with van der Waals surface area (Å²) in [6.07, 6.45) is 3.76. The van der Waals surface area contributed by atoms with Crippen molar-refractivity contribution in [3.05, 3.63) is 3.92 Å². The van der Waals surface area contributed by atoms with Gasteiger partial charge in [-0.25, -0.2) is 0 Å². The summed E-state index contributed by atoms with van der Waals surface area (Å²) in [6, 6.07) is 1.27. The van der Waals surface area contributed by atoms with Crippen molar-refractivity contribution in [2.75, 3.05) is 4.90 Å². The molecule has 1 fully saturated rings. The molecule has 0 saturated carbocycles. The average molecular weight is 276 g/mol. The van der Waals surface area contributed by atoms with Crippen LogP contribution in [0.4, 0.5) is 5.13 Å². The van der Waals surface area contributed by atoms with Gasteiger partial charge in [0.25, 0.3) is 0 Å². The van der Waals surface area contributed by atoms with E-state index in [-0.39, 0.29) is 0 Å². The molecule has 0 radical (unpaired) electrons. The van der Waals surface area contributed by atoms with Crippen LogP contribution < -0.4 is 4.90 Å². The number of aromatic nitrogens is 2. The second kappa shape index (κ2) is 4.14. The Labute approximate surface area is 96.7 Å². The highest BCUT2D eigenvalue weighted by atomic mass is 79.9. The number of hydrogen-bond acceptors (Lipinski definition) is 4. The molecule has 2 atom stereocenters. The van der Waals surface area contributed by atoms with Crippen LogP contribution in [0.25, 0.3) is 0 Å². The van der Waals surface area contributed by atoms with Gasteiger partial charge in [-0.05, 0) is 42.1 Å². The van der Waals surface area contributed by atoms with E-state index < -0.39 is 0 Å². The summed E-state index contributed by atoms with van der Waals surface area (Å²) in [5, 5.41) is 9.27. The molecule has 1 aliphatic heterocycles. The van der Waals surface area contributed by atoms with E-state index >= 15 is 0 Å². The molecule has 3 nitrogen and oxygen atoms in total. The van der Waals surface area contributed by atoms with Crippen molar-refractivity contribution in [3.63, 3.8) is 0 Å². The molecule has 1 aliphatic rings. The molecule has 2 heterocycles. The van der Waals surface area contributed by atoms with Gasteiger partial charge >= 0.3 is 0 Å². The lowest BCUT2D eigenvalue weighted by atomic mass is 10.2. The SMILES string of the molecule is CCC1CCC(C)N1c1nnc(Br)s1. The Balaban J connectivity index is 2.22. The highest BCUT2D eigenvalue weighted by molar-refractivity contribution is 9.11. The predicted octanol–water partition coefficient (Wildman–Crippen LogP) is 3.07. The Hall–Kier alpha value is -0.160. The van der Waals surface area contributed by atoms with Crippen LogP contribution in [0.5, 0.6) is 0 Å². The van der Waals surface area contributed by atoms with Crippen molar-refractivity contribution in [1.82, 2.24) is 10.2 Å². The third-order valence-electron chi connectivity index (χ3n) is 2.87. The van der Waals surface area contributed by atoms with E-state index in [1.807, 2.05) is 0 Å². The highest BCUT2D eigenvalue weighted by Crippen LogP contribution is 2.34. The fourth-order valence-electron chi connectivity index (χ4n) is 2.12. The molecule has 14 heavy (non-hydrogen) atoms. The second-order valence-corrected chi connectivity index (χ2v) is 5.97. The van der Waals surface area contributed by atoms with Gasteiger partial charge in [-0.1, -0.05) is 18.3 Å². The molecule has 2 unspecified atom stereocenters. The molecule has 2 rings (SSSR count). The lowest BCUT2D eigenvalue weighted by Crippen LogP contribution is -2.33. The molecule has 1 saturated heterocycles. The van der Waals surface area contributed by atoms with Crippen LogP contribution in [0.2, 0.25) is 0 Å². The summed E-state index contributed by atoms with van der Waals surface area (Å²) in [6.45, 7) is 4.51. The van der Waals surface area contributed by atoms with Gasteiger partial charge in [0.15, 0.2) is 3.92 Å². The van der Waals surface area contributed by atoms with Crippen LogP contribution in [-0.2, 0) is 0 Å². The van der Waals surface area contributed by atoms with Gasteiger partial charge in [0.2, 0.25) is 5.13 Å². The van der Waals surface area contributed by atoms with E-state index in [0.29, 0.717) is 12.1 Å². The van der Waals surface area contributed by atoms with Crippen molar-refractivity contribution in [3.8, 4) is 0 Å². The quantitative estimate of drug-likeness (QED) is 0.831. The van der Waals surface area contributed by atoms with E-state index in [1.165, 1.54) is 19.3 Å². The molecular formula is C9H14BrN3S. The molecule has 78 valence electrons. The minimum Gasteiger partial charge on any atom is -0.341 e. The maximum atomic E-state index is 4.19. The zero-order valence-electron chi connectivity index (χ0n) is 8.40. The molecular weight excluding hydrogens is 262 g/mol. The van der Waals surface area contributed by atoms with Crippen molar-refractivity contribution < 1.29 is 0 Å². The minimum absolute atomic E-state index is 0.611. The van der Waals surface area contributed by atoms with Crippen molar-refractivity contribution in [1.29, 1.82) is 0 Å². The summed E-state index contributed by atoms with van der Waals surface area (Å²) in [7, 11) is 0. The van der Waals surface area contributed by atoms with E-state index in [2.05, 4.69) is 44.9 Å². The maximum Gasteiger partial charge on any atom is 0.209 e. The molecule has 0 aromatic carbocycles. The van der Waals surface area contributed by atoms with Crippen molar-refractivity contribution in [2.45, 2.75) is 45.2 Å². The van der Waals surface area contributed by atoms with Crippen LogP contribution in [0, 0.1) is 0 Å². The second-order valence-electron chi connectivity index (χ2n) is 3.73. The number of hydrogen-bond donors (Lipinski definition) is 0. The topological polar surface area (TPSA) is 29.0 Å². The third kappa shape index (κ3) is 1.80. The first-order valence-electron chi connectivity index (χ1n) is 4.99. The summed E-state index contributed by atoms with van der Waals surface area (Å²) < 4.78 is 0.876. The zero-order valence-corrected chi connectivity index (χ0v) is 10.8. The monoisotopic (exact) mass is 275 g/mol. The normalized spacial score (nSPS) is 27.2. The zero-order chi connectivity index (χ0) is 10.1. The first kappa shape index (κ1) is 10.4. The van der Waals surface area contributed by atoms with E-state index in [0.717, 1.165) is 9.05 Å². The Kier molecular flexibility index (Phi) is 3.07. The smallest absolute Gasteiger partial charge is 0.209 e. The van der Waals surface area contributed by atoms with E-state index in [9.17, 15) is 0 Å². The molecule has 0 amide bonds. The molecule has 1 aromatic rings. The number of nitrogens with zero attached hydrogens (tertiary/aromatic N) is 3. The Morgan fingerprint density at radius 3 is 2.86 bits per heavy atom. The molecule has 0 spiro atoms. The fourth-order valence-corrected chi connectivity index (χ4v) is 3.38. The first-order valence-corrected chi connectivity index (χ1v) is 6.60. The Morgan fingerprint density at radius 2 is 2.29 bits per heavy atom. The number of halogens is 1. The maximum absolute atomic E-state index is 4.19. The molecule has 0 N–H and O–H groups in total. The van der Waals surface area contributed by atoms with Crippen LogP contribution >= 0.6 is 27.3 Å².